The van der Waals surface area contributed by atoms with Crippen LogP contribution in [0.3, 0.4) is 0 Å². The highest BCUT2D eigenvalue weighted by molar-refractivity contribution is 8.26. The molecular formula is C26H26FN5O3S2. The lowest BCUT2D eigenvalue weighted by molar-refractivity contribution is -0.122. The van der Waals surface area contributed by atoms with Crippen molar-refractivity contribution in [2.45, 2.75) is 13.5 Å². The number of β-amino-alcohol motifs (C(OH)–C–C–N with tert-alkyl or cyclic N) is 1. The van der Waals surface area contributed by atoms with E-state index < -0.39 is 0 Å². The van der Waals surface area contributed by atoms with E-state index in [9.17, 15) is 19.1 Å². The van der Waals surface area contributed by atoms with Crippen molar-refractivity contribution in [2.75, 3.05) is 44.2 Å². The summed E-state index contributed by atoms with van der Waals surface area (Å²) < 4.78 is 15.2. The minimum atomic E-state index is -0.349. The molecule has 2 aliphatic rings. The highest BCUT2D eigenvalue weighted by Crippen LogP contribution is 2.34. The summed E-state index contributed by atoms with van der Waals surface area (Å²) in [5.41, 5.74) is 2.27. The number of halogens is 1. The number of thioether (sulfide) groups is 1. The number of benzene rings is 1. The Hall–Kier alpha value is -3.12. The normalized spacial score (nSPS) is 18.0. The molecule has 8 nitrogen and oxygen atoms in total. The molecule has 0 radical (unpaired) electrons. The van der Waals surface area contributed by atoms with Gasteiger partial charge in [-0.1, -0.05) is 42.2 Å². The van der Waals surface area contributed by atoms with Crippen LogP contribution in [0.5, 0.6) is 0 Å². The van der Waals surface area contributed by atoms with Crippen LogP contribution >= 0.6 is 24.0 Å². The molecule has 5 rings (SSSR count). The highest BCUT2D eigenvalue weighted by atomic mass is 32.2. The number of hydrogen-bond acceptors (Lipinski definition) is 8. The number of nitrogens with zero attached hydrogens (tertiary/aromatic N) is 5. The Morgan fingerprint density at radius 3 is 2.57 bits per heavy atom. The molecule has 192 valence electrons. The molecule has 0 saturated carbocycles. The maximum atomic E-state index is 13.7. The van der Waals surface area contributed by atoms with E-state index in [1.807, 2.05) is 13.0 Å². The first-order valence-electron chi connectivity index (χ1n) is 12.0. The molecule has 11 heteroatoms. The van der Waals surface area contributed by atoms with E-state index in [-0.39, 0.29) is 30.4 Å². The second kappa shape index (κ2) is 10.7. The van der Waals surface area contributed by atoms with Crippen LogP contribution in [-0.2, 0) is 11.3 Å². The van der Waals surface area contributed by atoms with Crippen LogP contribution in [0.1, 0.15) is 16.7 Å². The smallest absolute Gasteiger partial charge is 0.267 e. The molecule has 37 heavy (non-hydrogen) atoms. The number of aromatic nitrogens is 2. The zero-order chi connectivity index (χ0) is 26.1. The monoisotopic (exact) mass is 539 g/mol. The fourth-order valence-electron chi connectivity index (χ4n) is 4.53. The van der Waals surface area contributed by atoms with Crippen molar-refractivity contribution in [3.8, 4) is 0 Å². The summed E-state index contributed by atoms with van der Waals surface area (Å²) in [6, 6.07) is 9.63. The van der Waals surface area contributed by atoms with Crippen LogP contribution in [0.25, 0.3) is 11.7 Å². The van der Waals surface area contributed by atoms with E-state index in [4.69, 9.17) is 17.2 Å². The third-order valence-electron chi connectivity index (χ3n) is 6.56. The maximum absolute atomic E-state index is 13.7. The van der Waals surface area contributed by atoms with Gasteiger partial charge in [-0.2, -0.15) is 0 Å². The molecule has 1 aromatic carbocycles. The summed E-state index contributed by atoms with van der Waals surface area (Å²) in [5.74, 6) is -0.114. The van der Waals surface area contributed by atoms with Gasteiger partial charge in [0, 0.05) is 38.9 Å². The van der Waals surface area contributed by atoms with E-state index in [1.54, 1.807) is 30.5 Å². The average Bonchev–Trinajstić information content (AvgIpc) is 3.15. The number of thiocarbonyl (C=S) groups is 1. The molecule has 3 aromatic rings. The topological polar surface area (TPSA) is 81.4 Å². The SMILES string of the molecule is Cc1cccn2c(=O)c(/C=C3/SC(=S)N(Cc4ccc(F)cc4)C3=O)c(N3CCN(CCO)CC3)nc12. The third kappa shape index (κ3) is 5.17. The van der Waals surface area contributed by atoms with Gasteiger partial charge < -0.3 is 10.0 Å². The van der Waals surface area contributed by atoms with Gasteiger partial charge in [-0.15, -0.1) is 0 Å². The Morgan fingerprint density at radius 1 is 1.14 bits per heavy atom. The number of carbonyl (C=O) groups is 1. The molecule has 1 N–H and O–H groups in total. The second-order valence-electron chi connectivity index (χ2n) is 8.99. The van der Waals surface area contributed by atoms with Gasteiger partial charge in [-0.05, 0) is 42.3 Å². The zero-order valence-corrected chi connectivity index (χ0v) is 21.9. The van der Waals surface area contributed by atoms with Gasteiger partial charge in [0.25, 0.3) is 11.5 Å². The molecule has 4 heterocycles. The standard InChI is InChI=1S/C26H26FN5O3S2/c1-17-3-2-8-31-22(17)28-23(30-11-9-29(10-12-30)13-14-33)20(24(31)34)15-21-25(35)32(26(36)37-21)16-18-4-6-19(27)7-5-18/h2-8,15,33H,9-14,16H2,1H3/b21-15+. The maximum Gasteiger partial charge on any atom is 0.267 e. The Bertz CT molecular complexity index is 1450. The lowest BCUT2D eigenvalue weighted by atomic mass is 10.2. The third-order valence-corrected chi connectivity index (χ3v) is 7.93. The van der Waals surface area contributed by atoms with Crippen LogP contribution in [0.15, 0.2) is 52.3 Å². The van der Waals surface area contributed by atoms with Gasteiger partial charge in [0.05, 0.1) is 23.6 Å². The summed E-state index contributed by atoms with van der Waals surface area (Å²) in [6.07, 6.45) is 3.28. The minimum absolute atomic E-state index is 0.0970. The number of fused-ring (bicyclic) bond motifs is 1. The molecule has 0 aliphatic carbocycles. The van der Waals surface area contributed by atoms with E-state index >= 15 is 0 Å². The molecule has 0 unspecified atom stereocenters. The molecule has 2 aliphatic heterocycles. The number of aliphatic hydroxyl groups is 1. The van der Waals surface area contributed by atoms with E-state index in [2.05, 4.69) is 9.80 Å². The van der Waals surface area contributed by atoms with Crippen molar-refractivity contribution in [3.63, 3.8) is 0 Å². The van der Waals surface area contributed by atoms with Gasteiger partial charge >= 0.3 is 0 Å². The number of carbonyl (C=O) groups excluding carboxylic acids is 1. The number of amides is 1. The number of piperazine rings is 1. The fourth-order valence-corrected chi connectivity index (χ4v) is 5.77. The predicted octanol–water partition coefficient (Wildman–Crippen LogP) is 2.66. The van der Waals surface area contributed by atoms with Crippen molar-refractivity contribution < 1.29 is 14.3 Å². The molecule has 0 bridgehead atoms. The van der Waals surface area contributed by atoms with Gasteiger partial charge in [-0.25, -0.2) is 9.37 Å². The van der Waals surface area contributed by atoms with Crippen molar-refractivity contribution >= 4 is 51.7 Å². The predicted molar refractivity (Wildman–Crippen MR) is 147 cm³/mol. The Morgan fingerprint density at radius 2 is 1.86 bits per heavy atom. The minimum Gasteiger partial charge on any atom is -0.395 e. The van der Waals surface area contributed by atoms with Crippen molar-refractivity contribution in [1.82, 2.24) is 19.2 Å². The quantitative estimate of drug-likeness (QED) is 0.378. The highest BCUT2D eigenvalue weighted by Gasteiger charge is 2.33. The number of aliphatic hydroxyl groups excluding tert-OH is 1. The van der Waals surface area contributed by atoms with Crippen molar-refractivity contribution in [3.05, 3.63) is 80.4 Å². The molecule has 2 fully saturated rings. The molecule has 2 aromatic heterocycles. The fraction of sp³-hybridized carbons (Fsp3) is 0.308. The van der Waals surface area contributed by atoms with Crippen molar-refractivity contribution in [2.24, 2.45) is 0 Å². The Balaban J connectivity index is 1.52. The Kier molecular flexibility index (Phi) is 7.38. The first kappa shape index (κ1) is 25.5. The average molecular weight is 540 g/mol. The van der Waals surface area contributed by atoms with Crippen LogP contribution in [0, 0.1) is 12.7 Å². The summed E-state index contributed by atoms with van der Waals surface area (Å²) >= 11 is 6.62. The number of anilines is 1. The number of rotatable bonds is 6. The molecular weight excluding hydrogens is 513 g/mol. The first-order valence-corrected chi connectivity index (χ1v) is 13.2. The molecule has 2 saturated heterocycles. The number of aryl methyl sites for hydroxylation is 1. The van der Waals surface area contributed by atoms with E-state index in [0.717, 1.165) is 36.0 Å². The Labute approximate surface area is 223 Å². The largest absolute Gasteiger partial charge is 0.395 e. The van der Waals surface area contributed by atoms with Crippen molar-refractivity contribution in [1.29, 1.82) is 0 Å². The second-order valence-corrected chi connectivity index (χ2v) is 10.7. The molecule has 1 amide bonds. The van der Waals surface area contributed by atoms with Gasteiger partial charge in [0.1, 0.15) is 21.6 Å². The van der Waals surface area contributed by atoms with E-state index in [0.29, 0.717) is 45.9 Å². The van der Waals surface area contributed by atoms with Crippen LogP contribution in [0.4, 0.5) is 10.2 Å². The zero-order valence-electron chi connectivity index (χ0n) is 20.3. The van der Waals surface area contributed by atoms with Crippen LogP contribution in [0.2, 0.25) is 0 Å². The molecule has 0 atom stereocenters. The summed E-state index contributed by atoms with van der Waals surface area (Å²) in [7, 11) is 0. The van der Waals surface area contributed by atoms with Gasteiger partial charge in [-0.3, -0.25) is 23.8 Å². The lowest BCUT2D eigenvalue weighted by Crippen LogP contribution is -2.48. The molecule has 0 spiro atoms. The van der Waals surface area contributed by atoms with Crippen LogP contribution < -0.4 is 10.5 Å². The lowest BCUT2D eigenvalue weighted by Gasteiger charge is -2.35. The first-order chi connectivity index (χ1) is 17.9. The number of pyridine rings is 1. The summed E-state index contributed by atoms with van der Waals surface area (Å²) in [4.78, 5) is 37.9. The van der Waals surface area contributed by atoms with Crippen LogP contribution in [-0.4, -0.2) is 73.8 Å². The summed E-state index contributed by atoms with van der Waals surface area (Å²) in [5, 5.41) is 9.28. The van der Waals surface area contributed by atoms with Gasteiger partial charge in [0.2, 0.25) is 0 Å². The number of hydrogen-bond donors (Lipinski definition) is 1. The summed E-state index contributed by atoms with van der Waals surface area (Å²) in [6.45, 7) is 5.57. The van der Waals surface area contributed by atoms with E-state index in [1.165, 1.54) is 21.4 Å². The van der Waals surface area contributed by atoms with Gasteiger partial charge in [0.15, 0.2) is 0 Å².